The van der Waals surface area contributed by atoms with Gasteiger partial charge in [0, 0.05) is 18.1 Å². The minimum Gasteiger partial charge on any atom is -0.381 e. The van der Waals surface area contributed by atoms with Gasteiger partial charge in [-0.05, 0) is 24.8 Å². The van der Waals surface area contributed by atoms with Crippen LogP contribution in [0.25, 0.3) is 0 Å². The Morgan fingerprint density at radius 1 is 1.22 bits per heavy atom. The van der Waals surface area contributed by atoms with Crippen LogP contribution < -0.4 is 5.73 Å². The highest BCUT2D eigenvalue weighted by atomic mass is 32.1. The van der Waals surface area contributed by atoms with Crippen molar-refractivity contribution in [1.82, 2.24) is 0 Å². The summed E-state index contributed by atoms with van der Waals surface area (Å²) >= 11 is 0.832. The van der Waals surface area contributed by atoms with Crippen molar-refractivity contribution in [3.8, 4) is 0 Å². The first-order valence-corrected chi connectivity index (χ1v) is 6.31. The van der Waals surface area contributed by atoms with Gasteiger partial charge in [0.1, 0.15) is 0 Å². The fraction of sp³-hybridized carbons (Fsp3) is 0.636. The Balaban J connectivity index is 3.09. The van der Waals surface area contributed by atoms with E-state index >= 15 is 0 Å². The topological polar surface area (TPSA) is 35.2 Å². The van der Waals surface area contributed by atoms with Crippen LogP contribution in [0.4, 0.5) is 17.6 Å². The second-order valence-electron chi connectivity index (χ2n) is 3.99. The number of rotatable bonds is 6. The Kier molecular flexibility index (Phi) is 5.12. The van der Waals surface area contributed by atoms with Gasteiger partial charge in [-0.25, -0.2) is 4.39 Å². The first kappa shape index (κ1) is 15.4. The summed E-state index contributed by atoms with van der Waals surface area (Å²) in [4.78, 5) is 0. The van der Waals surface area contributed by atoms with Gasteiger partial charge >= 0.3 is 6.18 Å². The quantitative estimate of drug-likeness (QED) is 0.814. The van der Waals surface area contributed by atoms with Crippen LogP contribution in [0.5, 0.6) is 0 Å². The van der Waals surface area contributed by atoms with Crippen molar-refractivity contribution in [2.75, 3.05) is 20.3 Å². The van der Waals surface area contributed by atoms with Crippen LogP contribution in [0.2, 0.25) is 0 Å². The van der Waals surface area contributed by atoms with Gasteiger partial charge in [-0.3, -0.25) is 0 Å². The van der Waals surface area contributed by atoms with E-state index in [-0.39, 0.29) is 18.5 Å². The third-order valence-electron chi connectivity index (χ3n) is 2.60. The lowest BCUT2D eigenvalue weighted by molar-refractivity contribution is -0.139. The van der Waals surface area contributed by atoms with Crippen LogP contribution >= 0.6 is 11.3 Å². The maximum atomic E-state index is 14.7. The minimum absolute atomic E-state index is 0.0862. The fourth-order valence-electron chi connectivity index (χ4n) is 1.76. The van der Waals surface area contributed by atoms with Crippen LogP contribution in [-0.4, -0.2) is 20.3 Å². The predicted octanol–water partition coefficient (Wildman–Crippen LogP) is 3.32. The van der Waals surface area contributed by atoms with E-state index < -0.39 is 24.0 Å². The molecular formula is C11H15F4NOS. The molecule has 1 aromatic heterocycles. The number of thiophene rings is 1. The van der Waals surface area contributed by atoms with Gasteiger partial charge in [0.2, 0.25) is 0 Å². The highest BCUT2D eigenvalue weighted by Gasteiger charge is 2.42. The highest BCUT2D eigenvalue weighted by molar-refractivity contribution is 7.08. The van der Waals surface area contributed by atoms with E-state index in [4.69, 9.17) is 10.5 Å². The minimum atomic E-state index is -4.55. The summed E-state index contributed by atoms with van der Waals surface area (Å²) in [5.41, 5.74) is 1.86. The molecule has 0 aliphatic carbocycles. The molecule has 0 amide bonds. The fourth-order valence-corrected chi connectivity index (χ4v) is 2.70. The van der Waals surface area contributed by atoms with Gasteiger partial charge in [0.15, 0.2) is 5.67 Å². The second kappa shape index (κ2) is 5.99. The van der Waals surface area contributed by atoms with Crippen LogP contribution in [0, 0.1) is 0 Å². The molecule has 0 aliphatic rings. The zero-order valence-corrected chi connectivity index (χ0v) is 10.7. The van der Waals surface area contributed by atoms with Crippen molar-refractivity contribution in [3.05, 3.63) is 21.9 Å². The first-order valence-electron chi connectivity index (χ1n) is 5.37. The normalized spacial score (nSPS) is 15.7. The van der Waals surface area contributed by atoms with E-state index in [2.05, 4.69) is 0 Å². The Labute approximate surface area is 107 Å². The summed E-state index contributed by atoms with van der Waals surface area (Å²) in [5, 5.41) is 2.11. The lowest BCUT2D eigenvalue weighted by atomic mass is 9.90. The zero-order valence-electron chi connectivity index (χ0n) is 9.89. The maximum absolute atomic E-state index is 14.7. The number of ether oxygens (including phenoxy) is 1. The lowest BCUT2D eigenvalue weighted by Crippen LogP contribution is -2.29. The van der Waals surface area contributed by atoms with Crippen LogP contribution in [0.3, 0.4) is 0 Å². The monoisotopic (exact) mass is 285 g/mol. The van der Waals surface area contributed by atoms with Gasteiger partial charge < -0.3 is 10.5 Å². The first-order chi connectivity index (χ1) is 8.35. The van der Waals surface area contributed by atoms with E-state index in [9.17, 15) is 17.6 Å². The van der Waals surface area contributed by atoms with Crippen LogP contribution in [-0.2, 0) is 16.6 Å². The number of methoxy groups -OCH3 is 1. The summed E-state index contributed by atoms with van der Waals surface area (Å²) in [7, 11) is 1.26. The molecule has 0 saturated heterocycles. The molecule has 0 bridgehead atoms. The molecule has 1 rings (SSSR count). The van der Waals surface area contributed by atoms with Crippen molar-refractivity contribution in [3.63, 3.8) is 0 Å². The number of nitrogens with two attached hydrogens (primary N) is 1. The summed E-state index contributed by atoms with van der Waals surface area (Å²) < 4.78 is 57.6. The van der Waals surface area contributed by atoms with Gasteiger partial charge in [-0.1, -0.05) is 0 Å². The van der Waals surface area contributed by atoms with Crippen molar-refractivity contribution >= 4 is 11.3 Å². The summed E-state index contributed by atoms with van der Waals surface area (Å²) in [6.07, 6.45) is -4.34. The van der Waals surface area contributed by atoms with Crippen molar-refractivity contribution < 1.29 is 22.3 Å². The smallest absolute Gasteiger partial charge is 0.381 e. The molecule has 0 spiro atoms. The van der Waals surface area contributed by atoms with E-state index in [0.29, 0.717) is 6.42 Å². The molecule has 0 aromatic carbocycles. The largest absolute Gasteiger partial charge is 0.417 e. The predicted molar refractivity (Wildman–Crippen MR) is 62.3 cm³/mol. The van der Waals surface area contributed by atoms with E-state index in [1.165, 1.54) is 12.5 Å². The molecule has 1 atom stereocenters. The van der Waals surface area contributed by atoms with Gasteiger partial charge in [-0.2, -0.15) is 24.5 Å². The lowest BCUT2D eigenvalue weighted by Gasteiger charge is -2.25. The Hall–Kier alpha value is -0.660. The standard InChI is InChI=1S/C11H15F4NOS/c1-17-7-10(12,3-2-4-16)8-5-18-6-9(8)11(13,14)15/h5-6H,2-4,7,16H2,1H3. The molecule has 1 heterocycles. The molecule has 0 aliphatic heterocycles. The summed E-state index contributed by atoms with van der Waals surface area (Å²) in [6.45, 7) is -0.187. The molecule has 7 heteroatoms. The molecule has 0 radical (unpaired) electrons. The molecule has 104 valence electrons. The number of halogens is 4. The SMILES string of the molecule is COCC(F)(CCCN)c1cscc1C(F)(F)F. The maximum Gasteiger partial charge on any atom is 0.417 e. The molecule has 1 unspecified atom stereocenters. The van der Waals surface area contributed by atoms with E-state index in [0.717, 1.165) is 16.7 Å². The second-order valence-corrected chi connectivity index (χ2v) is 4.73. The summed E-state index contributed by atoms with van der Waals surface area (Å²) in [5.74, 6) is 0. The third kappa shape index (κ3) is 3.43. The van der Waals surface area contributed by atoms with Gasteiger partial charge in [0.25, 0.3) is 0 Å². The van der Waals surface area contributed by atoms with Crippen molar-refractivity contribution in [1.29, 1.82) is 0 Å². The molecule has 1 aromatic rings. The number of alkyl halides is 4. The Morgan fingerprint density at radius 3 is 2.33 bits per heavy atom. The summed E-state index contributed by atoms with van der Waals surface area (Å²) in [6, 6.07) is 0. The molecule has 18 heavy (non-hydrogen) atoms. The third-order valence-corrected chi connectivity index (χ3v) is 3.34. The highest BCUT2D eigenvalue weighted by Crippen LogP contribution is 2.42. The van der Waals surface area contributed by atoms with Crippen molar-refractivity contribution in [2.45, 2.75) is 24.7 Å². The van der Waals surface area contributed by atoms with Crippen molar-refractivity contribution in [2.24, 2.45) is 5.73 Å². The van der Waals surface area contributed by atoms with Crippen LogP contribution in [0.1, 0.15) is 24.0 Å². The Morgan fingerprint density at radius 2 is 1.83 bits per heavy atom. The van der Waals surface area contributed by atoms with Crippen LogP contribution in [0.15, 0.2) is 10.8 Å². The molecule has 2 nitrogen and oxygen atoms in total. The van der Waals surface area contributed by atoms with Gasteiger partial charge in [-0.15, -0.1) is 0 Å². The Bertz CT molecular complexity index is 379. The average Bonchev–Trinajstić information content (AvgIpc) is 2.76. The molecule has 2 N–H and O–H groups in total. The van der Waals surface area contributed by atoms with Gasteiger partial charge in [0.05, 0.1) is 12.2 Å². The number of hydrogen-bond donors (Lipinski definition) is 1. The molecule has 0 saturated carbocycles. The average molecular weight is 285 g/mol. The van der Waals surface area contributed by atoms with E-state index in [1.807, 2.05) is 0 Å². The molecular weight excluding hydrogens is 270 g/mol. The zero-order chi connectivity index (χ0) is 13.8. The number of hydrogen-bond acceptors (Lipinski definition) is 3. The van der Waals surface area contributed by atoms with E-state index in [1.54, 1.807) is 0 Å². The molecule has 0 fully saturated rings.